The van der Waals surface area contributed by atoms with Gasteiger partial charge in [0, 0.05) is 21.6 Å². The van der Waals surface area contributed by atoms with E-state index in [-0.39, 0.29) is 22.4 Å². The number of aromatic nitrogens is 1. The molecule has 0 radical (unpaired) electrons. The predicted octanol–water partition coefficient (Wildman–Crippen LogP) is 2.94. The second kappa shape index (κ2) is 6.60. The van der Waals surface area contributed by atoms with Crippen LogP contribution in [-0.4, -0.2) is 25.7 Å². The summed E-state index contributed by atoms with van der Waals surface area (Å²) in [7, 11) is -3.89. The normalized spacial score (nSPS) is 11.0. The van der Waals surface area contributed by atoms with Gasteiger partial charge in [-0.3, -0.25) is 4.79 Å². The van der Waals surface area contributed by atoms with Crippen molar-refractivity contribution in [3.8, 4) is 12.3 Å². The Labute approximate surface area is 141 Å². The molecule has 0 saturated heterocycles. The molecule has 1 aromatic heterocycles. The number of hydrogen-bond donors (Lipinski definition) is 0. The van der Waals surface area contributed by atoms with Crippen LogP contribution >= 0.6 is 27.3 Å². The number of nitrogens with zero attached hydrogens (tertiary/aromatic N) is 2. The third kappa shape index (κ3) is 3.21. The molecular formula is C14H11BrN2O3S2. The molecule has 0 amide bonds. The number of benzene rings is 1. The smallest absolute Gasteiger partial charge is 0.267 e. The second-order valence-corrected chi connectivity index (χ2v) is 7.82. The van der Waals surface area contributed by atoms with Gasteiger partial charge in [-0.05, 0) is 25.1 Å². The van der Waals surface area contributed by atoms with Crippen LogP contribution in [0.3, 0.4) is 0 Å². The first-order chi connectivity index (χ1) is 10.4. The Hall–Kier alpha value is -1.69. The first-order valence-electron chi connectivity index (χ1n) is 6.04. The molecule has 0 bridgehead atoms. The van der Waals surface area contributed by atoms with Gasteiger partial charge in [-0.15, -0.1) is 17.8 Å². The lowest BCUT2D eigenvalue weighted by Gasteiger charge is -2.19. The van der Waals surface area contributed by atoms with E-state index in [1.807, 2.05) is 0 Å². The number of rotatable bonds is 5. The summed E-state index contributed by atoms with van der Waals surface area (Å²) in [6.07, 6.45) is 6.77. The van der Waals surface area contributed by atoms with Crippen LogP contribution in [0.15, 0.2) is 39.1 Å². The lowest BCUT2D eigenvalue weighted by molar-refractivity contribution is 0.101. The predicted molar refractivity (Wildman–Crippen MR) is 89.6 cm³/mol. The molecule has 22 heavy (non-hydrogen) atoms. The number of ketones is 1. The van der Waals surface area contributed by atoms with Crippen LogP contribution in [-0.2, 0) is 10.0 Å². The van der Waals surface area contributed by atoms with Gasteiger partial charge < -0.3 is 0 Å². The number of Topliss-reactive ketones (excluding diaryl/α,β-unsaturated/α-hetero) is 1. The summed E-state index contributed by atoms with van der Waals surface area (Å²) in [5.41, 5.74) is 0.292. The fourth-order valence-electron chi connectivity index (χ4n) is 1.74. The number of carbonyl (C=O) groups excluding carboxylic acids is 1. The Morgan fingerprint density at radius 1 is 1.50 bits per heavy atom. The highest BCUT2D eigenvalue weighted by atomic mass is 79.9. The number of thiazole rings is 1. The van der Waals surface area contributed by atoms with E-state index in [4.69, 9.17) is 6.42 Å². The number of halogens is 1. The molecule has 1 heterocycles. The first-order valence-corrected chi connectivity index (χ1v) is 9.15. The number of anilines is 1. The fourth-order valence-corrected chi connectivity index (χ4v) is 4.49. The van der Waals surface area contributed by atoms with Crippen molar-refractivity contribution in [1.29, 1.82) is 0 Å². The van der Waals surface area contributed by atoms with Crippen molar-refractivity contribution < 1.29 is 13.2 Å². The monoisotopic (exact) mass is 398 g/mol. The number of sulfonamides is 1. The summed E-state index contributed by atoms with van der Waals surface area (Å²) < 4.78 is 27.1. The Balaban J connectivity index is 2.56. The van der Waals surface area contributed by atoms with E-state index in [1.54, 1.807) is 5.38 Å². The van der Waals surface area contributed by atoms with Gasteiger partial charge in [0.2, 0.25) is 0 Å². The summed E-state index contributed by atoms with van der Waals surface area (Å²) >= 11 is 4.40. The van der Waals surface area contributed by atoms with E-state index in [9.17, 15) is 13.2 Å². The SMILES string of the molecule is C#CCN(c1nccs1)S(=O)(=O)c1ccc(Br)c(C(C)=O)c1. The molecule has 1 aromatic carbocycles. The minimum absolute atomic E-state index is 0.00801. The zero-order valence-corrected chi connectivity index (χ0v) is 14.7. The van der Waals surface area contributed by atoms with Crippen molar-refractivity contribution in [1.82, 2.24) is 4.98 Å². The molecule has 0 saturated carbocycles. The number of carbonyl (C=O) groups is 1. The molecule has 0 N–H and O–H groups in total. The number of hydrogen-bond acceptors (Lipinski definition) is 5. The topological polar surface area (TPSA) is 67.3 Å². The standard InChI is InChI=1S/C14H11BrN2O3S2/c1-3-7-17(14-16-6-8-21-14)22(19,20)11-4-5-13(15)12(9-11)10(2)18/h1,4-6,8-9H,7H2,2H3. The fraction of sp³-hybridized carbons (Fsp3) is 0.143. The molecule has 114 valence electrons. The Bertz CT molecular complexity index is 839. The van der Waals surface area contributed by atoms with E-state index >= 15 is 0 Å². The molecular weight excluding hydrogens is 388 g/mol. The van der Waals surface area contributed by atoms with Crippen LogP contribution in [0.1, 0.15) is 17.3 Å². The van der Waals surface area contributed by atoms with Gasteiger partial charge in [-0.25, -0.2) is 17.7 Å². The molecule has 0 aliphatic rings. The van der Waals surface area contributed by atoms with Crippen LogP contribution in [0.4, 0.5) is 5.13 Å². The number of terminal acetylenes is 1. The van der Waals surface area contributed by atoms with Crippen molar-refractivity contribution in [2.75, 3.05) is 10.8 Å². The molecule has 0 aliphatic heterocycles. The van der Waals surface area contributed by atoms with Crippen LogP contribution < -0.4 is 4.31 Å². The molecule has 2 aromatic rings. The Kier molecular flexibility index (Phi) is 5.01. The van der Waals surface area contributed by atoms with E-state index in [1.165, 1.54) is 42.7 Å². The molecule has 8 heteroatoms. The van der Waals surface area contributed by atoms with Crippen molar-refractivity contribution in [2.45, 2.75) is 11.8 Å². The van der Waals surface area contributed by atoms with Gasteiger partial charge in [0.15, 0.2) is 10.9 Å². The second-order valence-electron chi connectivity index (χ2n) is 4.23. The lowest BCUT2D eigenvalue weighted by atomic mass is 10.1. The molecule has 0 spiro atoms. The highest BCUT2D eigenvalue weighted by Gasteiger charge is 2.27. The van der Waals surface area contributed by atoms with Crippen molar-refractivity contribution >= 4 is 48.2 Å². The lowest BCUT2D eigenvalue weighted by Crippen LogP contribution is -2.31. The van der Waals surface area contributed by atoms with E-state index < -0.39 is 10.0 Å². The summed E-state index contributed by atoms with van der Waals surface area (Å²) in [6.45, 7) is 1.23. The van der Waals surface area contributed by atoms with Gasteiger partial charge in [-0.2, -0.15) is 0 Å². The highest BCUT2D eigenvalue weighted by molar-refractivity contribution is 9.10. The molecule has 5 nitrogen and oxygen atoms in total. The van der Waals surface area contributed by atoms with Crippen LogP contribution in [0.25, 0.3) is 0 Å². The van der Waals surface area contributed by atoms with Crippen LogP contribution in [0.5, 0.6) is 0 Å². The minimum atomic E-state index is -3.89. The Morgan fingerprint density at radius 3 is 2.77 bits per heavy atom. The maximum absolute atomic E-state index is 12.8. The van der Waals surface area contributed by atoms with Crippen molar-refractivity contribution in [2.24, 2.45) is 0 Å². The van der Waals surface area contributed by atoms with Crippen molar-refractivity contribution in [3.05, 3.63) is 39.8 Å². The molecule has 0 aliphatic carbocycles. The molecule has 0 unspecified atom stereocenters. The van der Waals surface area contributed by atoms with E-state index in [0.717, 1.165) is 4.31 Å². The van der Waals surface area contributed by atoms with Crippen LogP contribution in [0.2, 0.25) is 0 Å². The van der Waals surface area contributed by atoms with Crippen LogP contribution in [0, 0.1) is 12.3 Å². The highest BCUT2D eigenvalue weighted by Crippen LogP contribution is 2.28. The average molecular weight is 399 g/mol. The largest absolute Gasteiger partial charge is 0.294 e. The third-order valence-corrected chi connectivity index (χ3v) is 6.11. The maximum Gasteiger partial charge on any atom is 0.267 e. The third-order valence-electron chi connectivity index (χ3n) is 2.77. The summed E-state index contributed by atoms with van der Waals surface area (Å²) in [5.74, 6) is 2.08. The molecule has 0 fully saturated rings. The maximum atomic E-state index is 12.8. The zero-order valence-electron chi connectivity index (χ0n) is 11.5. The van der Waals surface area contributed by atoms with Gasteiger partial charge in [-0.1, -0.05) is 21.9 Å². The minimum Gasteiger partial charge on any atom is -0.294 e. The van der Waals surface area contributed by atoms with Gasteiger partial charge in [0.1, 0.15) is 0 Å². The molecule has 0 atom stereocenters. The Morgan fingerprint density at radius 2 is 2.23 bits per heavy atom. The quantitative estimate of drug-likeness (QED) is 0.573. The summed E-state index contributed by atoms with van der Waals surface area (Å²) in [5, 5.41) is 1.95. The van der Waals surface area contributed by atoms with Gasteiger partial charge >= 0.3 is 0 Å². The summed E-state index contributed by atoms with van der Waals surface area (Å²) in [4.78, 5) is 15.6. The van der Waals surface area contributed by atoms with E-state index in [0.29, 0.717) is 10.0 Å². The first kappa shape index (κ1) is 16.7. The van der Waals surface area contributed by atoms with E-state index in [2.05, 4.69) is 26.8 Å². The average Bonchev–Trinajstić information content (AvgIpc) is 2.98. The van der Waals surface area contributed by atoms with Gasteiger partial charge in [0.25, 0.3) is 10.0 Å². The molecule has 2 rings (SSSR count). The van der Waals surface area contributed by atoms with Crippen molar-refractivity contribution in [3.63, 3.8) is 0 Å². The summed E-state index contributed by atoms with van der Waals surface area (Å²) in [6, 6.07) is 4.28. The zero-order chi connectivity index (χ0) is 16.3. The van der Waals surface area contributed by atoms with Gasteiger partial charge in [0.05, 0.1) is 11.4 Å².